The van der Waals surface area contributed by atoms with Gasteiger partial charge in [-0.3, -0.25) is 0 Å². The van der Waals surface area contributed by atoms with Gasteiger partial charge in [0.1, 0.15) is 0 Å². The minimum absolute atomic E-state index is 0.129. The van der Waals surface area contributed by atoms with Crippen LogP contribution in [0.25, 0.3) is 76.8 Å². The predicted octanol–water partition coefficient (Wildman–Crippen LogP) is 16.9. The summed E-state index contributed by atoms with van der Waals surface area (Å²) in [5, 5.41) is 7.75. The van der Waals surface area contributed by atoms with Crippen LogP contribution in [0.15, 0.2) is 224 Å². The summed E-state index contributed by atoms with van der Waals surface area (Å²) in [5.41, 5.74) is 21.4. The third-order valence-corrected chi connectivity index (χ3v) is 15.3. The molecule has 3 aliphatic carbocycles. The standard InChI is InChI=1S/C64H43N/c1-63(2)57-23-11-7-19-50(57)54-35-32-44(39-62(54)63)65(42-30-27-40(28-31-42)41-29-34-49-47-17-4-3-15-45(47)46-16-5-6-18-48(46)55(49)37-41)43-33-36-61-56(38-43)53-22-10-14-26-60(53)64(61)58-24-12-8-20-51(58)52-21-9-13-25-59(52)64/h3-39H,1-2H3. The molecule has 0 N–H and O–H groups in total. The van der Waals surface area contributed by atoms with E-state index in [-0.39, 0.29) is 10.8 Å². The molecule has 0 atom stereocenters. The predicted molar refractivity (Wildman–Crippen MR) is 273 cm³/mol. The monoisotopic (exact) mass is 825 g/mol. The molecule has 0 saturated heterocycles. The zero-order valence-electron chi connectivity index (χ0n) is 36.3. The Morgan fingerprint density at radius 1 is 0.262 bits per heavy atom. The third-order valence-electron chi connectivity index (χ3n) is 15.3. The summed E-state index contributed by atoms with van der Waals surface area (Å²) in [6.45, 7) is 4.75. The molecular weight excluding hydrogens is 783 g/mol. The number of nitrogens with zero attached hydrogens (tertiary/aromatic N) is 1. The van der Waals surface area contributed by atoms with Crippen molar-refractivity contribution in [2.24, 2.45) is 0 Å². The lowest BCUT2D eigenvalue weighted by Crippen LogP contribution is -2.25. The smallest absolute Gasteiger partial charge is 0.0725 e. The first-order valence-electron chi connectivity index (χ1n) is 22.9. The molecule has 65 heavy (non-hydrogen) atoms. The fourth-order valence-corrected chi connectivity index (χ4v) is 12.4. The van der Waals surface area contributed by atoms with Crippen molar-refractivity contribution < 1.29 is 0 Å². The van der Waals surface area contributed by atoms with Crippen LogP contribution in [0.4, 0.5) is 17.1 Å². The summed E-state index contributed by atoms with van der Waals surface area (Å²) in [6, 6.07) is 84.5. The first-order valence-corrected chi connectivity index (χ1v) is 22.9. The second-order valence-corrected chi connectivity index (χ2v) is 18.8. The molecule has 0 bridgehead atoms. The highest BCUT2D eigenvalue weighted by Crippen LogP contribution is 2.63. The molecule has 11 aromatic rings. The molecule has 1 heteroatoms. The van der Waals surface area contributed by atoms with Gasteiger partial charge in [0.15, 0.2) is 0 Å². The topological polar surface area (TPSA) is 3.24 Å². The second-order valence-electron chi connectivity index (χ2n) is 18.8. The van der Waals surface area contributed by atoms with Crippen LogP contribution in [0.5, 0.6) is 0 Å². The maximum absolute atomic E-state index is 2.48. The Morgan fingerprint density at radius 3 is 1.26 bits per heavy atom. The van der Waals surface area contributed by atoms with Gasteiger partial charge in [0.2, 0.25) is 0 Å². The molecule has 0 aliphatic heterocycles. The minimum Gasteiger partial charge on any atom is -0.310 e. The van der Waals surface area contributed by atoms with Crippen molar-refractivity contribution >= 4 is 49.4 Å². The number of rotatable bonds is 4. The van der Waals surface area contributed by atoms with Gasteiger partial charge in [-0.25, -0.2) is 0 Å². The average molecular weight is 826 g/mol. The van der Waals surface area contributed by atoms with Crippen LogP contribution in [-0.4, -0.2) is 0 Å². The zero-order valence-corrected chi connectivity index (χ0v) is 36.3. The molecule has 0 fully saturated rings. The Hall–Kier alpha value is -8.00. The Bertz CT molecular complexity index is 3730. The van der Waals surface area contributed by atoms with E-state index < -0.39 is 0 Å². The van der Waals surface area contributed by atoms with Gasteiger partial charge in [-0.1, -0.05) is 196 Å². The van der Waals surface area contributed by atoms with Crippen LogP contribution >= 0.6 is 0 Å². The zero-order chi connectivity index (χ0) is 43.0. The fraction of sp³-hybridized carbons (Fsp3) is 0.0625. The Labute approximate surface area is 379 Å². The molecule has 0 unspecified atom stereocenters. The van der Waals surface area contributed by atoms with E-state index in [1.54, 1.807) is 0 Å². The fourth-order valence-electron chi connectivity index (χ4n) is 12.4. The van der Waals surface area contributed by atoms with Crippen LogP contribution in [0.1, 0.15) is 47.2 Å². The molecule has 3 aliphatic rings. The lowest BCUT2D eigenvalue weighted by atomic mass is 9.70. The van der Waals surface area contributed by atoms with Crippen LogP contribution < -0.4 is 4.90 Å². The van der Waals surface area contributed by atoms with Gasteiger partial charge in [0.25, 0.3) is 0 Å². The second kappa shape index (κ2) is 13.3. The van der Waals surface area contributed by atoms with Crippen LogP contribution in [-0.2, 0) is 10.8 Å². The van der Waals surface area contributed by atoms with Crippen molar-refractivity contribution in [1.29, 1.82) is 0 Å². The maximum atomic E-state index is 2.48. The molecule has 304 valence electrons. The Kier molecular flexibility index (Phi) is 7.45. The van der Waals surface area contributed by atoms with E-state index in [4.69, 9.17) is 0 Å². The first-order chi connectivity index (χ1) is 32.0. The van der Waals surface area contributed by atoms with Gasteiger partial charge >= 0.3 is 0 Å². The molecule has 1 nitrogen and oxygen atoms in total. The molecule has 1 spiro atoms. The van der Waals surface area contributed by atoms with E-state index in [0.29, 0.717) is 0 Å². The van der Waals surface area contributed by atoms with Crippen LogP contribution in [0.3, 0.4) is 0 Å². The molecule has 0 saturated carbocycles. The highest BCUT2D eigenvalue weighted by atomic mass is 15.1. The van der Waals surface area contributed by atoms with E-state index in [1.807, 2.05) is 0 Å². The molecule has 0 heterocycles. The molecule has 14 rings (SSSR count). The van der Waals surface area contributed by atoms with E-state index >= 15 is 0 Å². The summed E-state index contributed by atoms with van der Waals surface area (Å²) in [7, 11) is 0. The average Bonchev–Trinajstić information content (AvgIpc) is 3.92. The normalized spacial score (nSPS) is 14.2. The number of anilines is 3. The summed E-state index contributed by atoms with van der Waals surface area (Å²) in [5.74, 6) is 0. The van der Waals surface area contributed by atoms with Crippen molar-refractivity contribution in [3.8, 4) is 44.5 Å². The number of benzene rings is 11. The van der Waals surface area contributed by atoms with Gasteiger partial charge in [-0.05, 0) is 153 Å². The number of hydrogen-bond donors (Lipinski definition) is 0. The Morgan fingerprint density at radius 2 is 0.662 bits per heavy atom. The summed E-state index contributed by atoms with van der Waals surface area (Å²) in [6.07, 6.45) is 0. The van der Waals surface area contributed by atoms with E-state index in [0.717, 1.165) is 17.1 Å². The minimum atomic E-state index is -0.384. The number of hydrogen-bond acceptors (Lipinski definition) is 1. The van der Waals surface area contributed by atoms with E-state index in [1.165, 1.54) is 110 Å². The van der Waals surface area contributed by atoms with Gasteiger partial charge in [-0.15, -0.1) is 0 Å². The molecule has 0 amide bonds. The van der Waals surface area contributed by atoms with E-state index in [9.17, 15) is 0 Å². The molecule has 0 aromatic heterocycles. The third kappa shape index (κ3) is 4.88. The Balaban J connectivity index is 0.951. The maximum Gasteiger partial charge on any atom is 0.0725 e. The SMILES string of the molecule is CC1(C)c2ccccc2-c2ccc(N(c3ccc(-c4ccc5c6ccccc6c6ccccc6c5c4)cc3)c3ccc4c(c3)-c3ccccc3C43c4ccccc4-c4ccccc43)cc21. The first kappa shape index (κ1) is 36.5. The summed E-state index contributed by atoms with van der Waals surface area (Å²) in [4.78, 5) is 2.48. The van der Waals surface area contributed by atoms with Gasteiger partial charge < -0.3 is 4.90 Å². The molecule has 0 radical (unpaired) electrons. The van der Waals surface area contributed by atoms with Crippen LogP contribution in [0, 0.1) is 0 Å². The largest absolute Gasteiger partial charge is 0.310 e. The van der Waals surface area contributed by atoms with E-state index in [2.05, 4.69) is 243 Å². The highest BCUT2D eigenvalue weighted by molar-refractivity contribution is 6.25. The summed E-state index contributed by atoms with van der Waals surface area (Å²) >= 11 is 0. The van der Waals surface area contributed by atoms with Crippen LogP contribution in [0.2, 0.25) is 0 Å². The lowest BCUT2D eigenvalue weighted by molar-refractivity contribution is 0.660. The van der Waals surface area contributed by atoms with Crippen molar-refractivity contribution in [3.63, 3.8) is 0 Å². The number of fused-ring (bicyclic) bond motifs is 19. The van der Waals surface area contributed by atoms with Crippen molar-refractivity contribution in [1.82, 2.24) is 0 Å². The quantitative estimate of drug-likeness (QED) is 0.160. The van der Waals surface area contributed by atoms with Crippen molar-refractivity contribution in [2.45, 2.75) is 24.7 Å². The highest BCUT2D eigenvalue weighted by Gasteiger charge is 2.51. The lowest BCUT2D eigenvalue weighted by Gasteiger charge is -2.31. The van der Waals surface area contributed by atoms with Gasteiger partial charge in [-0.2, -0.15) is 0 Å². The summed E-state index contributed by atoms with van der Waals surface area (Å²) < 4.78 is 0. The molecular formula is C64H43N. The van der Waals surface area contributed by atoms with Crippen molar-refractivity contribution in [3.05, 3.63) is 258 Å². The van der Waals surface area contributed by atoms with Gasteiger partial charge in [0.05, 0.1) is 5.41 Å². The van der Waals surface area contributed by atoms with Gasteiger partial charge in [0, 0.05) is 22.5 Å². The van der Waals surface area contributed by atoms with Crippen molar-refractivity contribution in [2.75, 3.05) is 4.90 Å². The molecule has 11 aromatic carbocycles.